The summed E-state index contributed by atoms with van der Waals surface area (Å²) in [7, 11) is 1.95. The molecule has 4 rings (SSSR count). The van der Waals surface area contributed by atoms with E-state index in [0.717, 1.165) is 21.7 Å². The fourth-order valence-electron chi connectivity index (χ4n) is 4.13. The summed E-state index contributed by atoms with van der Waals surface area (Å²) in [5.41, 5.74) is 2.62. The quantitative estimate of drug-likeness (QED) is 0.613. The number of aliphatic carboxylic acids is 1. The van der Waals surface area contributed by atoms with Gasteiger partial charge in [-0.05, 0) is 30.7 Å². The highest BCUT2D eigenvalue weighted by atomic mass is 16.4. The number of likely N-dealkylation sites (N-methyl/N-ethyl adjacent to an activating group) is 1. The van der Waals surface area contributed by atoms with Crippen LogP contribution in [0.4, 0.5) is 11.4 Å². The Labute approximate surface area is 167 Å². The molecular weight excluding hydrogens is 372 g/mol. The number of imide groups is 1. The molecule has 29 heavy (non-hydrogen) atoms. The maximum atomic E-state index is 13.1. The van der Waals surface area contributed by atoms with Crippen LogP contribution in [0.2, 0.25) is 0 Å². The molecule has 1 N–H and O–H groups in total. The van der Waals surface area contributed by atoms with E-state index >= 15 is 0 Å². The molecule has 0 bridgehead atoms. The molecule has 0 saturated heterocycles. The number of nitriles is 1. The summed E-state index contributed by atoms with van der Waals surface area (Å²) in [5.74, 6) is -1.77. The van der Waals surface area contributed by atoms with E-state index in [0.29, 0.717) is 29.6 Å². The highest BCUT2D eigenvalue weighted by molar-refractivity contribution is 6.28. The van der Waals surface area contributed by atoms with E-state index in [4.69, 9.17) is 5.11 Å². The van der Waals surface area contributed by atoms with Gasteiger partial charge in [-0.25, -0.2) is 0 Å². The number of carboxylic acids is 1. The van der Waals surface area contributed by atoms with Crippen molar-refractivity contribution in [1.82, 2.24) is 4.90 Å². The molecule has 2 aliphatic heterocycles. The number of carboxylic acid groups (broad SMARTS) is 1. The normalized spacial score (nSPS) is 15.5. The second kappa shape index (κ2) is 7.09. The summed E-state index contributed by atoms with van der Waals surface area (Å²) in [6, 6.07) is 9.35. The van der Waals surface area contributed by atoms with Gasteiger partial charge in [0.25, 0.3) is 11.8 Å². The molecule has 0 saturated carbocycles. The number of hydrogen-bond donors (Lipinski definition) is 1. The second-order valence-corrected chi connectivity index (χ2v) is 7.27. The Hall–Kier alpha value is -3.60. The third kappa shape index (κ3) is 2.95. The van der Waals surface area contributed by atoms with Crippen molar-refractivity contribution >= 4 is 39.9 Å². The van der Waals surface area contributed by atoms with Crippen LogP contribution in [0.1, 0.15) is 33.6 Å². The maximum Gasteiger partial charge on any atom is 0.303 e. The molecule has 0 aliphatic carbocycles. The Kier molecular flexibility index (Phi) is 4.59. The summed E-state index contributed by atoms with van der Waals surface area (Å²) < 4.78 is 0. The number of anilines is 2. The van der Waals surface area contributed by atoms with Gasteiger partial charge in [0.1, 0.15) is 6.54 Å². The van der Waals surface area contributed by atoms with E-state index in [1.165, 1.54) is 0 Å². The van der Waals surface area contributed by atoms with Crippen LogP contribution in [0, 0.1) is 11.3 Å². The number of carbonyl (C=O) groups excluding carboxylic acids is 2. The Morgan fingerprint density at radius 2 is 1.72 bits per heavy atom. The highest BCUT2D eigenvalue weighted by Gasteiger charge is 2.35. The molecular formula is C21H20N4O4. The Morgan fingerprint density at radius 3 is 2.34 bits per heavy atom. The minimum Gasteiger partial charge on any atom is -0.481 e. The maximum absolute atomic E-state index is 13.1. The fourth-order valence-corrected chi connectivity index (χ4v) is 4.13. The van der Waals surface area contributed by atoms with Crippen molar-refractivity contribution in [2.24, 2.45) is 0 Å². The molecule has 2 aliphatic rings. The molecule has 2 amide bonds. The summed E-state index contributed by atoms with van der Waals surface area (Å²) in [5, 5.41) is 19.5. The van der Waals surface area contributed by atoms with Gasteiger partial charge < -0.3 is 14.9 Å². The van der Waals surface area contributed by atoms with Crippen molar-refractivity contribution in [2.45, 2.75) is 12.8 Å². The number of rotatable bonds is 5. The Balaban J connectivity index is 1.87. The molecule has 8 heteroatoms. The lowest BCUT2D eigenvalue weighted by Crippen LogP contribution is -2.41. The smallest absolute Gasteiger partial charge is 0.303 e. The van der Waals surface area contributed by atoms with Crippen LogP contribution >= 0.6 is 0 Å². The molecule has 0 radical (unpaired) electrons. The lowest BCUT2D eigenvalue weighted by Gasteiger charge is -2.29. The van der Waals surface area contributed by atoms with Gasteiger partial charge >= 0.3 is 5.97 Å². The molecule has 8 nitrogen and oxygen atoms in total. The summed E-state index contributed by atoms with van der Waals surface area (Å²) in [4.78, 5) is 42.1. The van der Waals surface area contributed by atoms with Crippen molar-refractivity contribution in [3.63, 3.8) is 0 Å². The second-order valence-electron chi connectivity index (χ2n) is 7.27. The van der Waals surface area contributed by atoms with E-state index in [2.05, 4.69) is 11.0 Å². The van der Waals surface area contributed by atoms with Gasteiger partial charge in [0.05, 0.1) is 6.07 Å². The topological polar surface area (TPSA) is 105 Å². The predicted molar refractivity (Wildman–Crippen MR) is 107 cm³/mol. The van der Waals surface area contributed by atoms with Crippen LogP contribution in [0.3, 0.4) is 0 Å². The number of hydrogen-bond acceptors (Lipinski definition) is 6. The van der Waals surface area contributed by atoms with Crippen LogP contribution in [0.25, 0.3) is 10.8 Å². The van der Waals surface area contributed by atoms with Crippen molar-refractivity contribution in [3.05, 3.63) is 35.4 Å². The van der Waals surface area contributed by atoms with Gasteiger partial charge in [-0.3, -0.25) is 19.3 Å². The molecule has 0 fully saturated rings. The lowest BCUT2D eigenvalue weighted by molar-refractivity contribution is -0.137. The first-order chi connectivity index (χ1) is 13.9. The van der Waals surface area contributed by atoms with Gasteiger partial charge in [-0.2, -0.15) is 5.26 Å². The highest BCUT2D eigenvalue weighted by Crippen LogP contribution is 2.42. The average molecular weight is 392 g/mol. The predicted octanol–water partition coefficient (Wildman–Crippen LogP) is 2.08. The summed E-state index contributed by atoms with van der Waals surface area (Å²) in [6.07, 6.45) is 0.102. The molecule has 2 heterocycles. The summed E-state index contributed by atoms with van der Waals surface area (Å²) in [6.45, 7) is 1.65. The number of carbonyl (C=O) groups is 3. The molecule has 148 valence electrons. The van der Waals surface area contributed by atoms with Crippen LogP contribution < -0.4 is 9.80 Å². The largest absolute Gasteiger partial charge is 0.481 e. The first kappa shape index (κ1) is 18.7. The zero-order valence-electron chi connectivity index (χ0n) is 16.0. The van der Waals surface area contributed by atoms with Crippen molar-refractivity contribution < 1.29 is 19.5 Å². The lowest BCUT2D eigenvalue weighted by atomic mass is 9.91. The van der Waals surface area contributed by atoms with Gasteiger partial charge in [-0.15, -0.1) is 0 Å². The van der Waals surface area contributed by atoms with Gasteiger partial charge in [0, 0.05) is 66.4 Å². The van der Waals surface area contributed by atoms with E-state index in [1.54, 1.807) is 12.1 Å². The van der Waals surface area contributed by atoms with Crippen LogP contribution in [0.5, 0.6) is 0 Å². The average Bonchev–Trinajstić information content (AvgIpc) is 2.83. The summed E-state index contributed by atoms with van der Waals surface area (Å²) >= 11 is 0. The molecule has 2 aromatic rings. The fraction of sp³-hybridized carbons (Fsp3) is 0.333. The number of benzene rings is 2. The van der Waals surface area contributed by atoms with E-state index in [1.807, 2.05) is 24.1 Å². The Bertz CT molecular complexity index is 1070. The number of amides is 2. The Morgan fingerprint density at radius 1 is 1.07 bits per heavy atom. The minimum absolute atomic E-state index is 0.0643. The molecule has 0 atom stereocenters. The van der Waals surface area contributed by atoms with E-state index in [-0.39, 0.29) is 25.9 Å². The van der Waals surface area contributed by atoms with E-state index < -0.39 is 17.8 Å². The first-order valence-corrected chi connectivity index (χ1v) is 9.44. The molecule has 2 aromatic carbocycles. The van der Waals surface area contributed by atoms with Gasteiger partial charge in [0.2, 0.25) is 0 Å². The zero-order valence-corrected chi connectivity index (χ0v) is 16.0. The van der Waals surface area contributed by atoms with Crippen molar-refractivity contribution in [3.8, 4) is 6.07 Å². The molecule has 0 aromatic heterocycles. The van der Waals surface area contributed by atoms with Crippen LogP contribution in [0.15, 0.2) is 24.3 Å². The van der Waals surface area contributed by atoms with Gasteiger partial charge in [0.15, 0.2) is 0 Å². The van der Waals surface area contributed by atoms with Gasteiger partial charge in [-0.1, -0.05) is 0 Å². The molecule has 0 unspecified atom stereocenters. The van der Waals surface area contributed by atoms with Crippen LogP contribution in [-0.4, -0.2) is 61.0 Å². The van der Waals surface area contributed by atoms with Crippen molar-refractivity contribution in [2.75, 3.05) is 43.0 Å². The molecule has 0 spiro atoms. The first-order valence-electron chi connectivity index (χ1n) is 9.44. The third-order valence-corrected chi connectivity index (χ3v) is 5.56. The SMILES string of the molecule is CN1CCN(CC#N)c2ccc3c4c(ccc1c24)C(=O)N(CCCC(=O)O)C3=O. The minimum atomic E-state index is -0.960. The van der Waals surface area contributed by atoms with Crippen LogP contribution in [-0.2, 0) is 4.79 Å². The zero-order chi connectivity index (χ0) is 20.7. The monoisotopic (exact) mass is 392 g/mol. The van der Waals surface area contributed by atoms with E-state index in [9.17, 15) is 19.6 Å². The third-order valence-electron chi connectivity index (χ3n) is 5.56. The standard InChI is InChI=1S/C21H20N4O4/c1-23-11-12-24(10-8-22)16-7-5-14-18-13(4-6-15(23)19(16)18)20(28)25(21(14)29)9-2-3-17(26)27/h4-7H,2-3,9-12H2,1H3,(H,26,27). The van der Waals surface area contributed by atoms with Crippen molar-refractivity contribution in [1.29, 1.82) is 5.26 Å². The number of nitrogens with zero attached hydrogens (tertiary/aromatic N) is 4.